The average molecular weight is 671 g/mol. The third-order valence-electron chi connectivity index (χ3n) is 7.32. The maximum absolute atomic E-state index is 14.4. The number of amides is 2. The lowest BCUT2D eigenvalue weighted by Crippen LogP contribution is -2.54. The van der Waals surface area contributed by atoms with E-state index >= 15 is 0 Å². The highest BCUT2D eigenvalue weighted by Crippen LogP contribution is 2.28. The second-order valence-electron chi connectivity index (χ2n) is 10.6. The maximum Gasteiger partial charge on any atom is 0.264 e. The molecule has 2 atom stereocenters. The zero-order valence-electron chi connectivity index (χ0n) is 24.9. The molecule has 0 aliphatic heterocycles. The Labute approximate surface area is 273 Å². The summed E-state index contributed by atoms with van der Waals surface area (Å²) in [6, 6.07) is 26.0. The quantitative estimate of drug-likeness (QED) is 0.168. The first-order valence-corrected chi connectivity index (χ1v) is 16.6. The van der Waals surface area contributed by atoms with Crippen LogP contribution < -0.4 is 9.62 Å². The van der Waals surface area contributed by atoms with Crippen molar-refractivity contribution in [3.8, 4) is 0 Å². The van der Waals surface area contributed by atoms with Crippen LogP contribution in [0.1, 0.15) is 31.4 Å². The van der Waals surface area contributed by atoms with E-state index in [9.17, 15) is 22.4 Å². The molecule has 0 heterocycles. The van der Waals surface area contributed by atoms with E-state index in [4.69, 9.17) is 23.2 Å². The van der Waals surface area contributed by atoms with Gasteiger partial charge in [0.1, 0.15) is 18.4 Å². The van der Waals surface area contributed by atoms with E-state index in [1.54, 1.807) is 42.5 Å². The molecule has 0 aliphatic rings. The van der Waals surface area contributed by atoms with Crippen LogP contribution in [-0.4, -0.2) is 43.8 Å². The van der Waals surface area contributed by atoms with Crippen molar-refractivity contribution in [2.24, 2.45) is 0 Å². The minimum Gasteiger partial charge on any atom is -0.352 e. The molecule has 11 heteroatoms. The van der Waals surface area contributed by atoms with E-state index in [0.717, 1.165) is 22.0 Å². The van der Waals surface area contributed by atoms with E-state index < -0.39 is 34.3 Å². The summed E-state index contributed by atoms with van der Waals surface area (Å²) in [7, 11) is -4.34. The SMILES string of the molecule is CC[C@H](C)NC(=O)[C@@H](Cc1ccccc1)N(Cc1cccc(Cl)c1)C(=O)CN(c1ccc(F)c(Cl)c1)S(=O)(=O)c1ccccc1. The van der Waals surface area contributed by atoms with Crippen molar-refractivity contribution in [3.63, 3.8) is 0 Å². The Morgan fingerprint density at radius 2 is 1.51 bits per heavy atom. The Kier molecular flexibility index (Phi) is 11.6. The number of nitrogens with zero attached hydrogens (tertiary/aromatic N) is 2. The minimum atomic E-state index is -4.34. The summed E-state index contributed by atoms with van der Waals surface area (Å²) in [5.41, 5.74) is 1.45. The van der Waals surface area contributed by atoms with Gasteiger partial charge in [0.05, 0.1) is 15.6 Å². The van der Waals surface area contributed by atoms with E-state index in [1.807, 2.05) is 44.2 Å². The summed E-state index contributed by atoms with van der Waals surface area (Å²) >= 11 is 12.3. The van der Waals surface area contributed by atoms with Crippen LogP contribution in [0.5, 0.6) is 0 Å². The van der Waals surface area contributed by atoms with Gasteiger partial charge in [-0.3, -0.25) is 13.9 Å². The third-order valence-corrected chi connectivity index (χ3v) is 9.63. The number of nitrogens with one attached hydrogen (secondary N) is 1. The van der Waals surface area contributed by atoms with Gasteiger partial charge in [-0.25, -0.2) is 12.8 Å². The molecule has 0 aliphatic carbocycles. The van der Waals surface area contributed by atoms with Crippen molar-refractivity contribution in [2.45, 2.75) is 50.2 Å². The van der Waals surface area contributed by atoms with Crippen LogP contribution in [0.3, 0.4) is 0 Å². The molecular weight excluding hydrogens is 636 g/mol. The Bertz CT molecular complexity index is 1730. The molecule has 0 radical (unpaired) electrons. The van der Waals surface area contributed by atoms with Gasteiger partial charge >= 0.3 is 0 Å². The summed E-state index contributed by atoms with van der Waals surface area (Å²) < 4.78 is 43.0. The molecule has 4 aromatic rings. The molecular formula is C34H34Cl2FN3O4S. The first-order chi connectivity index (χ1) is 21.5. The van der Waals surface area contributed by atoms with Crippen LogP contribution in [0.25, 0.3) is 0 Å². The predicted molar refractivity (Wildman–Crippen MR) is 176 cm³/mol. The first kappa shape index (κ1) is 34.0. The summed E-state index contributed by atoms with van der Waals surface area (Å²) in [4.78, 5) is 29.6. The fourth-order valence-corrected chi connectivity index (χ4v) is 6.53. The number of hydrogen-bond donors (Lipinski definition) is 1. The van der Waals surface area contributed by atoms with Crippen LogP contribution in [0.4, 0.5) is 10.1 Å². The van der Waals surface area contributed by atoms with Crippen molar-refractivity contribution < 1.29 is 22.4 Å². The van der Waals surface area contributed by atoms with Gasteiger partial charge in [0.15, 0.2) is 0 Å². The fraction of sp³-hybridized carbons (Fsp3) is 0.235. The molecule has 0 fully saturated rings. The molecule has 0 saturated carbocycles. The molecule has 0 bridgehead atoms. The number of anilines is 1. The van der Waals surface area contributed by atoms with Crippen molar-refractivity contribution in [1.29, 1.82) is 0 Å². The van der Waals surface area contributed by atoms with Gasteiger partial charge < -0.3 is 10.2 Å². The maximum atomic E-state index is 14.4. The molecule has 0 unspecified atom stereocenters. The van der Waals surface area contributed by atoms with Gasteiger partial charge in [-0.1, -0.05) is 90.8 Å². The van der Waals surface area contributed by atoms with Crippen LogP contribution in [-0.2, 0) is 32.6 Å². The molecule has 1 N–H and O–H groups in total. The largest absolute Gasteiger partial charge is 0.352 e. The Morgan fingerprint density at radius 3 is 2.13 bits per heavy atom. The highest BCUT2D eigenvalue weighted by Gasteiger charge is 2.35. The lowest BCUT2D eigenvalue weighted by Gasteiger charge is -2.34. The summed E-state index contributed by atoms with van der Waals surface area (Å²) in [6.07, 6.45) is 0.837. The van der Waals surface area contributed by atoms with E-state index in [1.165, 1.54) is 23.1 Å². The minimum absolute atomic E-state index is 0.00928. The second kappa shape index (κ2) is 15.4. The highest BCUT2D eigenvalue weighted by molar-refractivity contribution is 7.92. The summed E-state index contributed by atoms with van der Waals surface area (Å²) in [6.45, 7) is 3.08. The van der Waals surface area contributed by atoms with Gasteiger partial charge in [-0.2, -0.15) is 0 Å². The lowest BCUT2D eigenvalue weighted by molar-refractivity contribution is -0.140. The zero-order chi connectivity index (χ0) is 32.6. The molecule has 45 heavy (non-hydrogen) atoms. The third kappa shape index (κ3) is 8.84. The topological polar surface area (TPSA) is 86.8 Å². The fourth-order valence-electron chi connectivity index (χ4n) is 4.72. The number of hydrogen-bond acceptors (Lipinski definition) is 4. The van der Waals surface area contributed by atoms with Crippen LogP contribution in [0, 0.1) is 5.82 Å². The standard InChI is InChI=1S/C34H34Cl2FN3O4S/c1-3-24(2)38-34(42)32(20-25-11-6-4-7-12-25)39(22-26-13-10-14-27(35)19-26)33(41)23-40(28-17-18-31(37)30(36)21-28)45(43,44)29-15-8-5-9-16-29/h4-19,21,24,32H,3,20,22-23H2,1-2H3,(H,38,42)/t24-,32+/m0/s1. The van der Waals surface area contributed by atoms with Crippen molar-refractivity contribution >= 4 is 50.7 Å². The molecule has 236 valence electrons. The summed E-state index contributed by atoms with van der Waals surface area (Å²) in [5.74, 6) is -1.78. The number of rotatable bonds is 13. The van der Waals surface area contributed by atoms with E-state index in [2.05, 4.69) is 5.32 Å². The van der Waals surface area contributed by atoms with E-state index in [-0.39, 0.29) is 40.5 Å². The van der Waals surface area contributed by atoms with Crippen LogP contribution in [0.15, 0.2) is 108 Å². The zero-order valence-corrected chi connectivity index (χ0v) is 27.2. The smallest absolute Gasteiger partial charge is 0.264 e. The van der Waals surface area contributed by atoms with Gasteiger partial charge in [0.2, 0.25) is 11.8 Å². The van der Waals surface area contributed by atoms with E-state index in [0.29, 0.717) is 17.0 Å². The number of carbonyl (C=O) groups excluding carboxylic acids is 2. The first-order valence-electron chi connectivity index (χ1n) is 14.4. The molecule has 4 aromatic carbocycles. The van der Waals surface area contributed by atoms with Gasteiger partial charge in [0, 0.05) is 24.0 Å². The van der Waals surface area contributed by atoms with Crippen molar-refractivity contribution in [2.75, 3.05) is 10.8 Å². The molecule has 2 amide bonds. The molecule has 4 rings (SSSR count). The monoisotopic (exact) mass is 669 g/mol. The second-order valence-corrected chi connectivity index (χ2v) is 13.3. The normalized spacial score (nSPS) is 12.6. The molecule has 0 spiro atoms. The van der Waals surface area contributed by atoms with Crippen molar-refractivity contribution in [1.82, 2.24) is 10.2 Å². The molecule has 0 aromatic heterocycles. The average Bonchev–Trinajstić information content (AvgIpc) is 3.03. The van der Waals surface area contributed by atoms with Gasteiger partial charge in [0.25, 0.3) is 10.0 Å². The Morgan fingerprint density at radius 1 is 0.867 bits per heavy atom. The molecule has 7 nitrogen and oxygen atoms in total. The lowest BCUT2D eigenvalue weighted by atomic mass is 10.0. The number of sulfonamides is 1. The Hall–Kier alpha value is -3.92. The summed E-state index contributed by atoms with van der Waals surface area (Å²) in [5, 5.41) is 3.12. The van der Waals surface area contributed by atoms with Gasteiger partial charge in [-0.15, -0.1) is 0 Å². The van der Waals surface area contributed by atoms with Gasteiger partial charge in [-0.05, 0) is 66.9 Å². The highest BCUT2D eigenvalue weighted by atomic mass is 35.5. The van der Waals surface area contributed by atoms with Crippen molar-refractivity contribution in [3.05, 3.63) is 130 Å². The predicted octanol–water partition coefficient (Wildman–Crippen LogP) is 6.88. The Balaban J connectivity index is 1.82. The molecule has 0 saturated heterocycles. The number of carbonyl (C=O) groups is 2. The number of halogens is 3. The van der Waals surface area contributed by atoms with Crippen LogP contribution in [0.2, 0.25) is 10.0 Å². The van der Waals surface area contributed by atoms with Crippen LogP contribution >= 0.6 is 23.2 Å². The number of benzene rings is 4.